The summed E-state index contributed by atoms with van der Waals surface area (Å²) in [6.45, 7) is 4.72. The number of rotatable bonds is 4. The summed E-state index contributed by atoms with van der Waals surface area (Å²) in [6.07, 6.45) is 7.77. The number of nitrogens with two attached hydrogens (primary N) is 1. The Morgan fingerprint density at radius 3 is 2.29 bits per heavy atom. The van der Waals surface area contributed by atoms with Crippen LogP contribution < -0.4 is 20.4 Å². The molecule has 2 unspecified atom stereocenters. The second kappa shape index (κ2) is 9.25. The third-order valence-electron chi connectivity index (χ3n) is 8.36. The maximum atomic E-state index is 10.3. The van der Waals surface area contributed by atoms with E-state index in [0.29, 0.717) is 30.3 Å². The molecule has 0 aliphatic carbocycles. The highest BCUT2D eigenvalue weighted by Crippen LogP contribution is 2.38. The number of para-hydroxylation sites is 1. The molecule has 1 aromatic carbocycles. The minimum absolute atomic E-state index is 0.173. The van der Waals surface area contributed by atoms with Gasteiger partial charge in [-0.3, -0.25) is 0 Å². The second-order valence-electron chi connectivity index (χ2n) is 10.6. The summed E-state index contributed by atoms with van der Waals surface area (Å²) in [6, 6.07) is 9.65. The minimum Gasteiger partial charge on any atom is -0.507 e. The van der Waals surface area contributed by atoms with Crippen molar-refractivity contribution in [2.75, 3.05) is 59.8 Å². The van der Waals surface area contributed by atoms with Crippen molar-refractivity contribution >= 4 is 23.1 Å². The van der Waals surface area contributed by atoms with E-state index in [-0.39, 0.29) is 23.6 Å². The molecule has 0 radical (unpaired) electrons. The Labute approximate surface area is 221 Å². The molecule has 4 aliphatic heterocycles. The van der Waals surface area contributed by atoms with Crippen molar-refractivity contribution in [3.8, 4) is 17.0 Å². The van der Waals surface area contributed by atoms with Crippen LogP contribution in [-0.2, 0) is 9.47 Å². The molecule has 2 atom stereocenters. The summed E-state index contributed by atoms with van der Waals surface area (Å²) in [5, 5.41) is 18.7. The van der Waals surface area contributed by atoms with E-state index in [1.807, 2.05) is 30.6 Å². The highest BCUT2D eigenvalue weighted by atomic mass is 16.7. The molecule has 1 spiro atoms. The maximum Gasteiger partial charge on any atom is 0.226 e. The summed E-state index contributed by atoms with van der Waals surface area (Å²) < 4.78 is 11.7. The number of aromatic hydroxyl groups is 1. The molecule has 0 amide bonds. The van der Waals surface area contributed by atoms with E-state index in [9.17, 15) is 5.11 Å². The van der Waals surface area contributed by atoms with Crippen LogP contribution in [0.4, 0.5) is 23.1 Å². The molecule has 4 aliphatic rings. The Bertz CT molecular complexity index is 1290. The number of hydrogen-bond donors (Lipinski definition) is 2. The van der Waals surface area contributed by atoms with E-state index >= 15 is 0 Å². The third kappa shape index (κ3) is 4.06. The third-order valence-corrected chi connectivity index (χ3v) is 8.36. The van der Waals surface area contributed by atoms with Crippen LogP contribution in [0.25, 0.3) is 11.3 Å². The van der Waals surface area contributed by atoms with Crippen LogP contribution in [0.15, 0.2) is 42.7 Å². The maximum absolute atomic E-state index is 10.3. The highest BCUT2D eigenvalue weighted by molar-refractivity contribution is 5.74. The van der Waals surface area contributed by atoms with Gasteiger partial charge in [0.25, 0.3) is 0 Å². The summed E-state index contributed by atoms with van der Waals surface area (Å²) in [7, 11) is 0. The number of nitrogen functional groups attached to an aromatic ring is 1. The number of benzene rings is 1. The molecular weight excluding hydrogens is 484 g/mol. The van der Waals surface area contributed by atoms with E-state index in [1.54, 1.807) is 12.1 Å². The van der Waals surface area contributed by atoms with Crippen LogP contribution in [0, 0.1) is 0 Å². The lowest BCUT2D eigenvalue weighted by Crippen LogP contribution is -2.54. The molecule has 4 fully saturated rings. The van der Waals surface area contributed by atoms with Gasteiger partial charge in [-0.25, -0.2) is 9.97 Å². The SMILES string of the molecule is Nc1nnc(-c2ccccc2O)cc1N1CC2CCC(C1)N2c1ncc(N2CCC3(CC2)OCCO3)cn1. The summed E-state index contributed by atoms with van der Waals surface area (Å²) in [4.78, 5) is 16.6. The van der Waals surface area contributed by atoms with Crippen molar-refractivity contribution in [1.82, 2.24) is 20.2 Å². The van der Waals surface area contributed by atoms with Crippen molar-refractivity contribution < 1.29 is 14.6 Å². The van der Waals surface area contributed by atoms with Crippen molar-refractivity contribution in [2.45, 2.75) is 43.6 Å². The molecule has 3 N–H and O–H groups in total. The van der Waals surface area contributed by atoms with Gasteiger partial charge in [-0.1, -0.05) is 12.1 Å². The van der Waals surface area contributed by atoms with Gasteiger partial charge in [0.1, 0.15) is 5.75 Å². The number of phenolic OH excluding ortho intramolecular Hbond substituents is 1. The predicted molar refractivity (Wildman–Crippen MR) is 143 cm³/mol. The zero-order valence-corrected chi connectivity index (χ0v) is 21.2. The first-order valence-electron chi connectivity index (χ1n) is 13.4. The van der Waals surface area contributed by atoms with E-state index in [4.69, 9.17) is 25.2 Å². The molecular formula is C27H32N8O3. The van der Waals surface area contributed by atoms with E-state index < -0.39 is 0 Å². The fraction of sp³-hybridized carbons (Fsp3) is 0.481. The number of aromatic nitrogens is 4. The lowest BCUT2D eigenvalue weighted by Gasteiger charge is -2.42. The number of piperidine rings is 1. The lowest BCUT2D eigenvalue weighted by molar-refractivity contribution is -0.169. The highest BCUT2D eigenvalue weighted by Gasteiger charge is 2.43. The molecule has 0 saturated carbocycles. The second-order valence-corrected chi connectivity index (χ2v) is 10.6. The van der Waals surface area contributed by atoms with Crippen LogP contribution in [-0.4, -0.2) is 82.5 Å². The topological polar surface area (TPSA) is 126 Å². The zero-order valence-electron chi connectivity index (χ0n) is 21.2. The van der Waals surface area contributed by atoms with Gasteiger partial charge in [0.2, 0.25) is 5.95 Å². The van der Waals surface area contributed by atoms with Crippen LogP contribution >= 0.6 is 0 Å². The Balaban J connectivity index is 1.06. The number of phenols is 1. The molecule has 198 valence electrons. The quantitative estimate of drug-likeness (QED) is 0.531. The number of nitrogens with zero attached hydrogens (tertiary/aromatic N) is 7. The molecule has 11 nitrogen and oxygen atoms in total. The monoisotopic (exact) mass is 516 g/mol. The number of ether oxygens (including phenoxy) is 2. The summed E-state index contributed by atoms with van der Waals surface area (Å²) in [5.74, 6) is 0.973. The fourth-order valence-electron chi connectivity index (χ4n) is 6.39. The molecule has 2 aromatic heterocycles. The van der Waals surface area contributed by atoms with Crippen LogP contribution in [0.1, 0.15) is 25.7 Å². The van der Waals surface area contributed by atoms with Gasteiger partial charge >= 0.3 is 0 Å². The van der Waals surface area contributed by atoms with Crippen LogP contribution in [0.5, 0.6) is 5.75 Å². The van der Waals surface area contributed by atoms with Gasteiger partial charge in [0.05, 0.1) is 42.7 Å². The first-order valence-corrected chi connectivity index (χ1v) is 13.4. The van der Waals surface area contributed by atoms with Gasteiger partial charge in [0.15, 0.2) is 11.6 Å². The average Bonchev–Trinajstić information content (AvgIpc) is 3.51. The Morgan fingerprint density at radius 1 is 0.921 bits per heavy atom. The van der Waals surface area contributed by atoms with Crippen LogP contribution in [0.3, 0.4) is 0 Å². The Morgan fingerprint density at radius 2 is 1.61 bits per heavy atom. The molecule has 38 heavy (non-hydrogen) atoms. The van der Waals surface area contributed by atoms with Gasteiger partial charge in [0, 0.05) is 56.7 Å². The van der Waals surface area contributed by atoms with Gasteiger partial charge in [-0.05, 0) is 31.0 Å². The van der Waals surface area contributed by atoms with Crippen molar-refractivity contribution in [1.29, 1.82) is 0 Å². The smallest absolute Gasteiger partial charge is 0.226 e. The van der Waals surface area contributed by atoms with Gasteiger partial charge in [-0.2, -0.15) is 0 Å². The lowest BCUT2D eigenvalue weighted by atomic mass is 10.0. The number of fused-ring (bicyclic) bond motifs is 2. The Kier molecular flexibility index (Phi) is 5.70. The molecule has 4 saturated heterocycles. The number of piperazine rings is 1. The normalized spacial score (nSPS) is 24.4. The van der Waals surface area contributed by atoms with Gasteiger partial charge in [-0.15, -0.1) is 10.2 Å². The molecule has 11 heteroatoms. The van der Waals surface area contributed by atoms with E-state index in [2.05, 4.69) is 24.9 Å². The molecule has 6 heterocycles. The minimum atomic E-state index is -0.383. The van der Waals surface area contributed by atoms with Crippen LogP contribution in [0.2, 0.25) is 0 Å². The number of anilines is 4. The number of hydrogen-bond acceptors (Lipinski definition) is 11. The first kappa shape index (κ1) is 23.4. The first-order chi connectivity index (χ1) is 18.6. The average molecular weight is 517 g/mol. The molecule has 3 aromatic rings. The zero-order chi connectivity index (χ0) is 25.7. The fourth-order valence-corrected chi connectivity index (χ4v) is 6.39. The van der Waals surface area contributed by atoms with Gasteiger partial charge < -0.3 is 35.0 Å². The van der Waals surface area contributed by atoms with Crippen molar-refractivity contribution in [2.24, 2.45) is 0 Å². The van der Waals surface area contributed by atoms with E-state index in [0.717, 1.165) is 69.2 Å². The van der Waals surface area contributed by atoms with E-state index in [1.165, 1.54) is 0 Å². The summed E-state index contributed by atoms with van der Waals surface area (Å²) >= 11 is 0. The standard InChI is InChI=1S/C27H32N8O3/c28-25-23(13-22(31-32-25)21-3-1-2-4-24(21)36)34-16-18-5-6-19(17-34)35(18)26-29-14-20(15-30-26)33-9-7-27(8-10-33)37-11-12-38-27/h1-4,13-15,18-19,36H,5-12,16-17H2,(H2,28,32). The predicted octanol–water partition coefficient (Wildman–Crippen LogP) is 2.42. The van der Waals surface area contributed by atoms with Crippen molar-refractivity contribution in [3.05, 3.63) is 42.7 Å². The largest absolute Gasteiger partial charge is 0.507 e. The Hall–Kier alpha value is -3.70. The summed E-state index contributed by atoms with van der Waals surface area (Å²) in [5.41, 5.74) is 9.42. The molecule has 7 rings (SSSR count). The molecule has 2 bridgehead atoms. The van der Waals surface area contributed by atoms with Crippen molar-refractivity contribution in [3.63, 3.8) is 0 Å².